The number of amides is 1. The van der Waals surface area contributed by atoms with Crippen molar-refractivity contribution in [3.63, 3.8) is 0 Å². The van der Waals surface area contributed by atoms with E-state index in [1.54, 1.807) is 14.2 Å². The van der Waals surface area contributed by atoms with Gasteiger partial charge in [-0.25, -0.2) is 0 Å². The number of fused-ring (bicyclic) bond motifs is 1. The second kappa shape index (κ2) is 5.69. The highest BCUT2D eigenvalue weighted by Crippen LogP contribution is 2.37. The van der Waals surface area contributed by atoms with Crippen molar-refractivity contribution in [3.05, 3.63) is 53.1 Å². The van der Waals surface area contributed by atoms with Crippen LogP contribution in [0.3, 0.4) is 0 Å². The number of nitrogens with two attached hydrogens (primary N) is 1. The van der Waals surface area contributed by atoms with E-state index in [1.165, 1.54) is 0 Å². The van der Waals surface area contributed by atoms with Crippen molar-refractivity contribution in [2.75, 3.05) is 19.5 Å². The molecule has 114 valence electrons. The van der Waals surface area contributed by atoms with Gasteiger partial charge in [-0.15, -0.1) is 0 Å². The van der Waals surface area contributed by atoms with E-state index in [0.717, 1.165) is 22.4 Å². The van der Waals surface area contributed by atoms with Gasteiger partial charge in [-0.2, -0.15) is 0 Å². The van der Waals surface area contributed by atoms with Gasteiger partial charge in [0, 0.05) is 5.69 Å². The second-order valence-electron chi connectivity index (χ2n) is 5.20. The van der Waals surface area contributed by atoms with E-state index >= 15 is 0 Å². The fraction of sp³-hybridized carbons (Fsp3) is 0.235. The molecule has 0 radical (unpaired) electrons. The summed E-state index contributed by atoms with van der Waals surface area (Å²) in [4.78, 5) is 11.5. The van der Waals surface area contributed by atoms with Gasteiger partial charge >= 0.3 is 0 Å². The van der Waals surface area contributed by atoms with Crippen molar-refractivity contribution >= 4 is 11.6 Å². The number of hydrogen-bond donors (Lipinski definition) is 2. The van der Waals surface area contributed by atoms with Gasteiger partial charge < -0.3 is 20.5 Å². The lowest BCUT2D eigenvalue weighted by Crippen LogP contribution is -2.14. The summed E-state index contributed by atoms with van der Waals surface area (Å²) in [6.45, 7) is 0. The first-order valence-corrected chi connectivity index (χ1v) is 7.03. The molecule has 0 spiro atoms. The lowest BCUT2D eigenvalue weighted by molar-refractivity contribution is -0.115. The molecule has 0 saturated heterocycles. The van der Waals surface area contributed by atoms with Gasteiger partial charge in [0.2, 0.25) is 5.91 Å². The van der Waals surface area contributed by atoms with Crippen molar-refractivity contribution < 1.29 is 14.3 Å². The highest BCUT2D eigenvalue weighted by molar-refractivity contribution is 5.99. The summed E-state index contributed by atoms with van der Waals surface area (Å²) in [5.74, 6) is 1.37. The van der Waals surface area contributed by atoms with Crippen LogP contribution in [0.25, 0.3) is 0 Å². The number of nitrogens with one attached hydrogen (secondary N) is 1. The maximum absolute atomic E-state index is 11.5. The van der Waals surface area contributed by atoms with E-state index in [4.69, 9.17) is 15.2 Å². The molecule has 1 unspecified atom stereocenters. The zero-order valence-electron chi connectivity index (χ0n) is 12.6. The zero-order chi connectivity index (χ0) is 15.7. The average molecular weight is 298 g/mol. The molecule has 0 aromatic heterocycles. The molecule has 3 rings (SSSR count). The van der Waals surface area contributed by atoms with E-state index in [9.17, 15) is 4.79 Å². The number of rotatable bonds is 4. The molecule has 1 heterocycles. The van der Waals surface area contributed by atoms with Crippen LogP contribution in [0.4, 0.5) is 5.69 Å². The Bertz CT molecular complexity index is 706. The fourth-order valence-corrected chi connectivity index (χ4v) is 2.80. The van der Waals surface area contributed by atoms with E-state index in [2.05, 4.69) is 5.32 Å². The van der Waals surface area contributed by atoms with Gasteiger partial charge in [-0.3, -0.25) is 4.79 Å². The average Bonchev–Trinajstić information content (AvgIpc) is 2.92. The minimum Gasteiger partial charge on any atom is -0.496 e. The Kier molecular flexibility index (Phi) is 3.73. The van der Waals surface area contributed by atoms with Gasteiger partial charge in [0.15, 0.2) is 0 Å². The van der Waals surface area contributed by atoms with Crippen LogP contribution in [-0.2, 0) is 11.2 Å². The van der Waals surface area contributed by atoms with Crippen molar-refractivity contribution in [2.45, 2.75) is 12.5 Å². The third-order valence-electron chi connectivity index (χ3n) is 3.89. The molecule has 1 aliphatic heterocycles. The molecule has 1 amide bonds. The first-order chi connectivity index (χ1) is 10.6. The lowest BCUT2D eigenvalue weighted by atomic mass is 9.95. The van der Waals surface area contributed by atoms with Crippen molar-refractivity contribution in [1.29, 1.82) is 0 Å². The molecule has 3 N–H and O–H groups in total. The standard InChI is InChI=1S/C17H18N2O3/c1-21-13-4-3-5-14(22-2)16(13)17(18)10-6-7-12-11(8-10)9-15(20)19-12/h3-8,17H,9,18H2,1-2H3,(H,19,20). The van der Waals surface area contributed by atoms with Gasteiger partial charge in [0.25, 0.3) is 0 Å². The minimum absolute atomic E-state index is 0.00981. The Morgan fingerprint density at radius 1 is 1.14 bits per heavy atom. The molecule has 2 aromatic carbocycles. The van der Waals surface area contributed by atoms with Gasteiger partial charge in [0.1, 0.15) is 11.5 Å². The van der Waals surface area contributed by atoms with E-state index in [0.29, 0.717) is 17.9 Å². The monoisotopic (exact) mass is 298 g/mol. The maximum atomic E-state index is 11.5. The second-order valence-corrected chi connectivity index (χ2v) is 5.20. The third kappa shape index (κ3) is 2.40. The molecule has 22 heavy (non-hydrogen) atoms. The summed E-state index contributed by atoms with van der Waals surface area (Å²) in [5.41, 5.74) is 9.96. The Morgan fingerprint density at radius 3 is 2.45 bits per heavy atom. The molecule has 0 saturated carbocycles. The Balaban J connectivity index is 2.03. The van der Waals surface area contributed by atoms with E-state index < -0.39 is 6.04 Å². The summed E-state index contributed by atoms with van der Waals surface area (Å²) in [6.07, 6.45) is 0.388. The molecular formula is C17H18N2O3. The highest BCUT2D eigenvalue weighted by Gasteiger charge is 2.22. The van der Waals surface area contributed by atoms with Gasteiger partial charge in [-0.1, -0.05) is 18.2 Å². The fourth-order valence-electron chi connectivity index (χ4n) is 2.80. The summed E-state index contributed by atoms with van der Waals surface area (Å²) in [5, 5.41) is 2.82. The first kappa shape index (κ1) is 14.4. The molecule has 0 bridgehead atoms. The predicted molar refractivity (Wildman–Crippen MR) is 84.4 cm³/mol. The summed E-state index contributed by atoms with van der Waals surface area (Å²) in [6, 6.07) is 10.9. The molecule has 5 nitrogen and oxygen atoms in total. The number of anilines is 1. The maximum Gasteiger partial charge on any atom is 0.228 e. The number of methoxy groups -OCH3 is 2. The molecular weight excluding hydrogens is 280 g/mol. The van der Waals surface area contributed by atoms with Crippen LogP contribution in [0.1, 0.15) is 22.7 Å². The number of carbonyl (C=O) groups excluding carboxylic acids is 1. The van der Waals surface area contributed by atoms with Crippen LogP contribution in [0, 0.1) is 0 Å². The number of benzene rings is 2. The predicted octanol–water partition coefficient (Wildman–Crippen LogP) is 2.25. The summed E-state index contributed by atoms with van der Waals surface area (Å²) in [7, 11) is 3.21. The van der Waals surface area contributed by atoms with Crippen LogP contribution in [-0.4, -0.2) is 20.1 Å². The smallest absolute Gasteiger partial charge is 0.228 e. The zero-order valence-corrected chi connectivity index (χ0v) is 12.6. The molecule has 1 atom stereocenters. The number of carbonyl (C=O) groups is 1. The van der Waals surface area contributed by atoms with Crippen LogP contribution in [0.15, 0.2) is 36.4 Å². The molecule has 2 aromatic rings. The van der Waals surface area contributed by atoms with E-state index in [1.807, 2.05) is 36.4 Å². The Morgan fingerprint density at radius 2 is 1.82 bits per heavy atom. The van der Waals surface area contributed by atoms with Gasteiger partial charge in [0.05, 0.1) is 32.2 Å². The minimum atomic E-state index is -0.396. The van der Waals surface area contributed by atoms with Crippen molar-refractivity contribution in [3.8, 4) is 11.5 Å². The van der Waals surface area contributed by atoms with Crippen molar-refractivity contribution in [1.82, 2.24) is 0 Å². The molecule has 5 heteroatoms. The van der Waals surface area contributed by atoms with Crippen LogP contribution in [0.5, 0.6) is 11.5 Å². The summed E-state index contributed by atoms with van der Waals surface area (Å²) >= 11 is 0. The summed E-state index contributed by atoms with van der Waals surface area (Å²) < 4.78 is 10.8. The largest absolute Gasteiger partial charge is 0.496 e. The normalized spacial score (nSPS) is 14.2. The van der Waals surface area contributed by atoms with Crippen molar-refractivity contribution in [2.24, 2.45) is 5.73 Å². The molecule has 0 aliphatic carbocycles. The highest BCUT2D eigenvalue weighted by atomic mass is 16.5. The SMILES string of the molecule is COc1cccc(OC)c1C(N)c1ccc2c(c1)CC(=O)N2. The lowest BCUT2D eigenvalue weighted by Gasteiger charge is -2.19. The van der Waals surface area contributed by atoms with Crippen LogP contribution >= 0.6 is 0 Å². The Hall–Kier alpha value is -2.53. The third-order valence-corrected chi connectivity index (χ3v) is 3.89. The number of hydrogen-bond acceptors (Lipinski definition) is 4. The topological polar surface area (TPSA) is 73.6 Å². The van der Waals surface area contributed by atoms with Gasteiger partial charge in [-0.05, 0) is 29.3 Å². The van der Waals surface area contributed by atoms with Crippen LogP contribution in [0.2, 0.25) is 0 Å². The van der Waals surface area contributed by atoms with Crippen LogP contribution < -0.4 is 20.5 Å². The Labute approximate surface area is 129 Å². The number of ether oxygens (including phenoxy) is 2. The molecule has 1 aliphatic rings. The van der Waals surface area contributed by atoms with E-state index in [-0.39, 0.29) is 5.91 Å². The first-order valence-electron chi connectivity index (χ1n) is 7.03. The quantitative estimate of drug-likeness (QED) is 0.908. The molecule has 0 fully saturated rings.